The summed E-state index contributed by atoms with van der Waals surface area (Å²) < 4.78 is 24.5. The first-order valence-corrected chi connectivity index (χ1v) is 13.3. The molecule has 34 heavy (non-hydrogen) atoms. The SMILES string of the molecule is CN1C(=O)c2ccccc2[C@H](C(=O)Nc2nc3ccc(S(C)(=O)=O)cc3s2)[C@@H]1c1ccccc1. The normalized spacial score (nSPS) is 18.1. The van der Waals surface area contributed by atoms with Crippen molar-refractivity contribution in [3.05, 3.63) is 89.5 Å². The summed E-state index contributed by atoms with van der Waals surface area (Å²) >= 11 is 1.21. The van der Waals surface area contributed by atoms with Gasteiger partial charge in [-0.1, -0.05) is 59.9 Å². The molecule has 1 aromatic heterocycles. The smallest absolute Gasteiger partial charge is 0.254 e. The van der Waals surface area contributed by atoms with Crippen LogP contribution in [0.2, 0.25) is 0 Å². The van der Waals surface area contributed by atoms with Crippen LogP contribution < -0.4 is 5.32 Å². The van der Waals surface area contributed by atoms with Crippen molar-refractivity contribution in [2.75, 3.05) is 18.6 Å². The number of rotatable bonds is 4. The zero-order valence-corrected chi connectivity index (χ0v) is 20.1. The number of nitrogens with zero attached hydrogens (tertiary/aromatic N) is 2. The molecule has 9 heteroatoms. The molecule has 0 aliphatic carbocycles. The Bertz CT molecular complexity index is 1530. The van der Waals surface area contributed by atoms with Crippen molar-refractivity contribution >= 4 is 48.3 Å². The molecular formula is C25H21N3O4S2. The molecule has 2 amide bonds. The second-order valence-corrected chi connectivity index (χ2v) is 11.3. The number of benzene rings is 3. The van der Waals surface area contributed by atoms with Crippen LogP contribution in [0, 0.1) is 0 Å². The van der Waals surface area contributed by atoms with E-state index >= 15 is 0 Å². The van der Waals surface area contributed by atoms with E-state index in [4.69, 9.17) is 0 Å². The number of aromatic nitrogens is 1. The van der Waals surface area contributed by atoms with Crippen LogP contribution >= 0.6 is 11.3 Å². The number of anilines is 1. The summed E-state index contributed by atoms with van der Waals surface area (Å²) in [6.07, 6.45) is 1.15. The predicted octanol–water partition coefficient (Wildman–Crippen LogP) is 4.25. The summed E-state index contributed by atoms with van der Waals surface area (Å²) in [6.45, 7) is 0. The molecule has 2 heterocycles. The third kappa shape index (κ3) is 3.86. The zero-order valence-electron chi connectivity index (χ0n) is 18.4. The Morgan fingerprint density at radius 2 is 1.74 bits per heavy atom. The van der Waals surface area contributed by atoms with Crippen LogP contribution in [0.15, 0.2) is 77.7 Å². The number of thiazole rings is 1. The largest absolute Gasteiger partial charge is 0.334 e. The summed E-state index contributed by atoms with van der Waals surface area (Å²) in [5.41, 5.74) is 2.62. The van der Waals surface area contributed by atoms with Gasteiger partial charge in [0.25, 0.3) is 5.91 Å². The Balaban J connectivity index is 1.55. The van der Waals surface area contributed by atoms with Gasteiger partial charge in [0.2, 0.25) is 5.91 Å². The number of hydrogen-bond donors (Lipinski definition) is 1. The van der Waals surface area contributed by atoms with E-state index in [9.17, 15) is 18.0 Å². The molecule has 0 spiro atoms. The number of carbonyl (C=O) groups excluding carboxylic acids is 2. The maximum atomic E-state index is 13.7. The van der Waals surface area contributed by atoms with E-state index < -0.39 is 21.8 Å². The van der Waals surface area contributed by atoms with Gasteiger partial charge in [-0.3, -0.25) is 9.59 Å². The van der Waals surface area contributed by atoms with E-state index in [1.54, 1.807) is 36.2 Å². The molecule has 0 unspecified atom stereocenters. The van der Waals surface area contributed by atoms with Gasteiger partial charge in [0.05, 0.1) is 27.1 Å². The topological polar surface area (TPSA) is 96.4 Å². The summed E-state index contributed by atoms with van der Waals surface area (Å²) in [4.78, 5) is 33.1. The van der Waals surface area contributed by atoms with E-state index in [0.717, 1.165) is 11.8 Å². The summed E-state index contributed by atoms with van der Waals surface area (Å²) in [5, 5.41) is 3.29. The van der Waals surface area contributed by atoms with Gasteiger partial charge >= 0.3 is 0 Å². The molecule has 5 rings (SSSR count). The van der Waals surface area contributed by atoms with E-state index in [0.29, 0.717) is 26.5 Å². The van der Waals surface area contributed by atoms with Crippen molar-refractivity contribution in [1.29, 1.82) is 0 Å². The standard InChI is InChI=1S/C25H21N3O4S2/c1-28-22(15-8-4-3-5-9-15)21(17-10-6-7-11-18(17)24(28)30)23(29)27-25-26-19-13-12-16(34(2,31)32)14-20(19)33-25/h3-14,21-22H,1-2H3,(H,26,27,29)/t21-,22-/m0/s1. The van der Waals surface area contributed by atoms with E-state index in [1.165, 1.54) is 17.4 Å². The molecule has 1 aliphatic rings. The van der Waals surface area contributed by atoms with Gasteiger partial charge in [-0.15, -0.1) is 0 Å². The van der Waals surface area contributed by atoms with Crippen molar-refractivity contribution in [1.82, 2.24) is 9.88 Å². The molecule has 1 aliphatic heterocycles. The number of sulfone groups is 1. The molecule has 1 N–H and O–H groups in total. The average molecular weight is 492 g/mol. The fraction of sp³-hybridized carbons (Fsp3) is 0.160. The molecule has 0 fully saturated rings. The zero-order chi connectivity index (χ0) is 24.0. The van der Waals surface area contributed by atoms with Gasteiger partial charge in [-0.05, 0) is 35.4 Å². The summed E-state index contributed by atoms with van der Waals surface area (Å²) in [7, 11) is -1.64. The fourth-order valence-electron chi connectivity index (χ4n) is 4.40. The Kier molecular flexibility index (Phi) is 5.45. The van der Waals surface area contributed by atoms with E-state index in [2.05, 4.69) is 10.3 Å². The minimum atomic E-state index is -3.35. The van der Waals surface area contributed by atoms with Crippen LogP contribution in [0.4, 0.5) is 5.13 Å². The lowest BCUT2D eigenvalue weighted by Crippen LogP contribution is -2.44. The summed E-state index contributed by atoms with van der Waals surface area (Å²) in [6, 6.07) is 20.9. The third-order valence-electron chi connectivity index (χ3n) is 6.02. The Hall–Kier alpha value is -3.56. The van der Waals surface area contributed by atoms with Gasteiger partial charge < -0.3 is 10.2 Å². The Labute approximate surface area is 201 Å². The lowest BCUT2D eigenvalue weighted by molar-refractivity contribution is -0.119. The van der Waals surface area contributed by atoms with Crippen LogP contribution in [0.25, 0.3) is 10.2 Å². The first kappa shape index (κ1) is 22.2. The van der Waals surface area contributed by atoms with Crippen molar-refractivity contribution in [3.63, 3.8) is 0 Å². The molecule has 172 valence electrons. The molecule has 0 bridgehead atoms. The van der Waals surface area contributed by atoms with Crippen molar-refractivity contribution < 1.29 is 18.0 Å². The minimum absolute atomic E-state index is 0.137. The van der Waals surface area contributed by atoms with Crippen LogP contribution in [-0.4, -0.2) is 43.4 Å². The second kappa shape index (κ2) is 8.34. The van der Waals surface area contributed by atoms with Crippen LogP contribution in [-0.2, 0) is 14.6 Å². The average Bonchev–Trinajstić information content (AvgIpc) is 3.22. The highest BCUT2D eigenvalue weighted by molar-refractivity contribution is 7.90. The van der Waals surface area contributed by atoms with Gasteiger partial charge in [0.15, 0.2) is 15.0 Å². The van der Waals surface area contributed by atoms with E-state index in [-0.39, 0.29) is 16.7 Å². The van der Waals surface area contributed by atoms with Gasteiger partial charge in [-0.2, -0.15) is 0 Å². The van der Waals surface area contributed by atoms with Gasteiger partial charge in [0, 0.05) is 18.9 Å². The van der Waals surface area contributed by atoms with Crippen LogP contribution in [0.5, 0.6) is 0 Å². The minimum Gasteiger partial charge on any atom is -0.334 e. The van der Waals surface area contributed by atoms with Crippen molar-refractivity contribution in [2.45, 2.75) is 16.9 Å². The lowest BCUT2D eigenvalue weighted by Gasteiger charge is -2.39. The molecule has 2 atom stereocenters. The third-order valence-corrected chi connectivity index (χ3v) is 8.07. The number of fused-ring (bicyclic) bond motifs is 2. The molecule has 0 radical (unpaired) electrons. The van der Waals surface area contributed by atoms with E-state index in [1.807, 2.05) is 42.5 Å². The molecule has 7 nitrogen and oxygen atoms in total. The number of likely N-dealkylation sites (N-methyl/N-ethyl adjacent to an activating group) is 1. The highest BCUT2D eigenvalue weighted by atomic mass is 32.2. The molecule has 0 saturated heterocycles. The van der Waals surface area contributed by atoms with Crippen molar-refractivity contribution in [3.8, 4) is 0 Å². The quantitative estimate of drug-likeness (QED) is 0.460. The van der Waals surface area contributed by atoms with Crippen LogP contribution in [0.3, 0.4) is 0 Å². The maximum Gasteiger partial charge on any atom is 0.254 e. The highest BCUT2D eigenvalue weighted by Gasteiger charge is 2.42. The Morgan fingerprint density at radius 3 is 2.47 bits per heavy atom. The first-order valence-electron chi connectivity index (χ1n) is 10.6. The predicted molar refractivity (Wildman–Crippen MR) is 132 cm³/mol. The molecule has 0 saturated carbocycles. The monoisotopic (exact) mass is 491 g/mol. The molecular weight excluding hydrogens is 470 g/mol. The second-order valence-electron chi connectivity index (χ2n) is 8.25. The van der Waals surface area contributed by atoms with Gasteiger partial charge in [-0.25, -0.2) is 13.4 Å². The summed E-state index contributed by atoms with van der Waals surface area (Å²) in [5.74, 6) is -1.08. The number of carbonyl (C=O) groups is 2. The van der Waals surface area contributed by atoms with Crippen LogP contribution in [0.1, 0.15) is 33.4 Å². The van der Waals surface area contributed by atoms with Gasteiger partial charge in [0.1, 0.15) is 0 Å². The highest BCUT2D eigenvalue weighted by Crippen LogP contribution is 2.42. The fourth-order valence-corrected chi connectivity index (χ4v) is 6.03. The lowest BCUT2D eigenvalue weighted by atomic mass is 9.79. The maximum absolute atomic E-state index is 13.7. The number of hydrogen-bond acceptors (Lipinski definition) is 6. The number of nitrogens with one attached hydrogen (secondary N) is 1. The molecule has 3 aromatic carbocycles. The first-order chi connectivity index (χ1) is 16.2. The van der Waals surface area contributed by atoms with Crippen molar-refractivity contribution in [2.24, 2.45) is 0 Å². The Morgan fingerprint density at radius 1 is 1.03 bits per heavy atom. The number of amides is 2. The molecule has 4 aromatic rings.